The van der Waals surface area contributed by atoms with Crippen LogP contribution in [0.15, 0.2) is 35.2 Å². The van der Waals surface area contributed by atoms with Crippen LogP contribution in [0.25, 0.3) is 0 Å². The zero-order valence-electron chi connectivity index (χ0n) is 9.82. The third-order valence-electron chi connectivity index (χ3n) is 1.82. The van der Waals surface area contributed by atoms with Crippen LogP contribution in [0.3, 0.4) is 0 Å². The molecule has 0 unspecified atom stereocenters. The number of hydrogen-bond acceptors (Lipinski definition) is 2. The Hall–Kier alpha value is -1.59. The Morgan fingerprint density at radius 3 is 2.31 bits per heavy atom. The first-order valence-electron chi connectivity index (χ1n) is 5.31. The maximum Gasteiger partial charge on any atom is 0.124 e. The summed E-state index contributed by atoms with van der Waals surface area (Å²) >= 11 is 1.56. The van der Waals surface area contributed by atoms with E-state index in [0.29, 0.717) is 0 Å². The molecule has 0 bridgehead atoms. The molecule has 0 atom stereocenters. The van der Waals surface area contributed by atoms with Crippen LogP contribution in [0, 0.1) is 18.8 Å². The average molecular weight is 229 g/mol. The van der Waals surface area contributed by atoms with E-state index in [9.17, 15) is 0 Å². The molecule has 0 aliphatic rings. The number of rotatable bonds is 0. The van der Waals surface area contributed by atoms with Crippen LogP contribution in [-0.2, 0) is 0 Å². The van der Waals surface area contributed by atoms with Crippen molar-refractivity contribution in [3.63, 3.8) is 0 Å². The monoisotopic (exact) mass is 229 g/mol. The van der Waals surface area contributed by atoms with Crippen LogP contribution in [0.1, 0.15) is 30.7 Å². The quantitative estimate of drug-likeness (QED) is 0.625. The highest BCUT2D eigenvalue weighted by Crippen LogP contribution is 2.02. The van der Waals surface area contributed by atoms with Crippen molar-refractivity contribution in [3.05, 3.63) is 52.0 Å². The summed E-state index contributed by atoms with van der Waals surface area (Å²) in [6, 6.07) is 8.17. The molecule has 0 saturated heterocycles. The van der Waals surface area contributed by atoms with E-state index in [0.717, 1.165) is 11.3 Å². The van der Waals surface area contributed by atoms with Crippen LogP contribution in [0.5, 0.6) is 0 Å². The average Bonchev–Trinajstić information content (AvgIpc) is 2.84. The molecule has 82 valence electrons. The Kier molecular flexibility index (Phi) is 5.31. The lowest BCUT2D eigenvalue weighted by Crippen LogP contribution is -1.76. The molecule has 0 spiro atoms. The summed E-state index contributed by atoms with van der Waals surface area (Å²) in [6.45, 7) is 6.07. The van der Waals surface area contributed by atoms with Crippen molar-refractivity contribution in [3.8, 4) is 11.8 Å². The SMILES string of the molecule is CC.Cc1ccc(C#Cc2cscn2)cc1. The molecular weight excluding hydrogens is 214 g/mol. The topological polar surface area (TPSA) is 12.9 Å². The molecule has 1 aromatic heterocycles. The van der Waals surface area contributed by atoms with Gasteiger partial charge in [0, 0.05) is 10.9 Å². The highest BCUT2D eigenvalue weighted by molar-refractivity contribution is 7.07. The summed E-state index contributed by atoms with van der Waals surface area (Å²) in [4.78, 5) is 4.09. The fraction of sp³-hybridized carbons (Fsp3) is 0.214. The molecule has 1 aromatic carbocycles. The van der Waals surface area contributed by atoms with Crippen molar-refractivity contribution in [2.75, 3.05) is 0 Å². The molecule has 2 heteroatoms. The fourth-order valence-electron chi connectivity index (χ4n) is 1.05. The van der Waals surface area contributed by atoms with Gasteiger partial charge in [-0.3, -0.25) is 0 Å². The second-order valence-corrected chi connectivity index (χ2v) is 3.71. The van der Waals surface area contributed by atoms with Gasteiger partial charge in [0.25, 0.3) is 0 Å². The van der Waals surface area contributed by atoms with Gasteiger partial charge in [0.15, 0.2) is 0 Å². The second kappa shape index (κ2) is 6.81. The number of benzene rings is 1. The second-order valence-electron chi connectivity index (χ2n) is 2.99. The summed E-state index contributed by atoms with van der Waals surface area (Å²) in [6.07, 6.45) is 0. The summed E-state index contributed by atoms with van der Waals surface area (Å²) in [5.74, 6) is 6.08. The zero-order valence-corrected chi connectivity index (χ0v) is 10.6. The van der Waals surface area contributed by atoms with Crippen molar-refractivity contribution >= 4 is 11.3 Å². The van der Waals surface area contributed by atoms with E-state index in [1.807, 2.05) is 31.4 Å². The van der Waals surface area contributed by atoms with E-state index in [-0.39, 0.29) is 0 Å². The standard InChI is InChI=1S/C12H9NS.C2H6/c1-10-2-4-11(5-3-10)6-7-12-8-14-9-13-12;1-2/h2-5,8-9H,1H3;1-2H3. The molecular formula is C14H15NS. The van der Waals surface area contributed by atoms with Gasteiger partial charge in [-0.05, 0) is 25.0 Å². The first-order valence-corrected chi connectivity index (χ1v) is 6.26. The fourth-order valence-corrected chi connectivity index (χ4v) is 1.53. The minimum atomic E-state index is 0.843. The molecule has 0 aliphatic heterocycles. The first kappa shape index (κ1) is 12.5. The van der Waals surface area contributed by atoms with Crippen molar-refractivity contribution in [2.45, 2.75) is 20.8 Å². The maximum atomic E-state index is 4.09. The van der Waals surface area contributed by atoms with Gasteiger partial charge in [0.2, 0.25) is 0 Å². The number of aryl methyl sites for hydroxylation is 1. The lowest BCUT2D eigenvalue weighted by molar-refractivity contribution is 1.37. The van der Waals surface area contributed by atoms with E-state index in [2.05, 4.69) is 35.9 Å². The first-order chi connectivity index (χ1) is 7.84. The third kappa shape index (κ3) is 3.88. The van der Waals surface area contributed by atoms with Gasteiger partial charge in [-0.15, -0.1) is 11.3 Å². The Morgan fingerprint density at radius 1 is 1.06 bits per heavy atom. The molecule has 0 saturated carbocycles. The van der Waals surface area contributed by atoms with Gasteiger partial charge in [-0.25, -0.2) is 4.98 Å². The predicted octanol–water partition coefficient (Wildman–Crippen LogP) is 3.88. The summed E-state index contributed by atoms with van der Waals surface area (Å²) in [5.41, 5.74) is 4.92. The molecule has 0 aliphatic carbocycles. The largest absolute Gasteiger partial charge is 0.236 e. The molecule has 2 rings (SSSR count). The maximum absolute atomic E-state index is 4.09. The Labute approximate surface area is 101 Å². The minimum absolute atomic E-state index is 0.843. The molecule has 0 fully saturated rings. The number of thiazole rings is 1. The normalized spacial score (nSPS) is 8.44. The highest BCUT2D eigenvalue weighted by Gasteiger charge is 1.88. The van der Waals surface area contributed by atoms with Gasteiger partial charge < -0.3 is 0 Å². The van der Waals surface area contributed by atoms with Crippen molar-refractivity contribution < 1.29 is 0 Å². The molecule has 0 amide bonds. The molecule has 1 heterocycles. The van der Waals surface area contributed by atoms with Crippen molar-refractivity contribution in [1.82, 2.24) is 4.98 Å². The van der Waals surface area contributed by atoms with Crippen molar-refractivity contribution in [1.29, 1.82) is 0 Å². The van der Waals surface area contributed by atoms with Gasteiger partial charge in [-0.2, -0.15) is 0 Å². The minimum Gasteiger partial charge on any atom is -0.236 e. The molecule has 0 radical (unpaired) electrons. The Bertz CT molecular complexity index is 458. The Morgan fingerprint density at radius 2 is 1.75 bits per heavy atom. The number of aromatic nitrogens is 1. The molecule has 2 aromatic rings. The third-order valence-corrected chi connectivity index (χ3v) is 2.41. The van der Waals surface area contributed by atoms with Crippen LogP contribution in [0.2, 0.25) is 0 Å². The smallest absolute Gasteiger partial charge is 0.124 e. The van der Waals surface area contributed by atoms with Crippen LogP contribution in [-0.4, -0.2) is 4.98 Å². The zero-order chi connectivity index (χ0) is 11.8. The lowest BCUT2D eigenvalue weighted by atomic mass is 10.1. The summed E-state index contributed by atoms with van der Waals surface area (Å²) in [5, 5.41) is 1.95. The van der Waals surface area contributed by atoms with E-state index >= 15 is 0 Å². The van der Waals surface area contributed by atoms with E-state index in [1.165, 1.54) is 5.56 Å². The van der Waals surface area contributed by atoms with Gasteiger partial charge in [0.1, 0.15) is 5.69 Å². The van der Waals surface area contributed by atoms with Crippen LogP contribution < -0.4 is 0 Å². The van der Waals surface area contributed by atoms with Gasteiger partial charge in [-0.1, -0.05) is 37.5 Å². The van der Waals surface area contributed by atoms with Crippen LogP contribution >= 0.6 is 11.3 Å². The van der Waals surface area contributed by atoms with Gasteiger partial charge >= 0.3 is 0 Å². The van der Waals surface area contributed by atoms with E-state index in [1.54, 1.807) is 16.8 Å². The lowest BCUT2D eigenvalue weighted by Gasteiger charge is -1.90. The Balaban J connectivity index is 0.000000606. The van der Waals surface area contributed by atoms with E-state index in [4.69, 9.17) is 0 Å². The molecule has 1 nitrogen and oxygen atoms in total. The predicted molar refractivity (Wildman–Crippen MR) is 70.6 cm³/mol. The molecule has 16 heavy (non-hydrogen) atoms. The number of nitrogens with zero attached hydrogens (tertiary/aromatic N) is 1. The molecule has 0 N–H and O–H groups in total. The van der Waals surface area contributed by atoms with Crippen LogP contribution in [0.4, 0.5) is 0 Å². The van der Waals surface area contributed by atoms with Gasteiger partial charge in [0.05, 0.1) is 5.51 Å². The highest BCUT2D eigenvalue weighted by atomic mass is 32.1. The van der Waals surface area contributed by atoms with E-state index < -0.39 is 0 Å². The summed E-state index contributed by atoms with van der Waals surface area (Å²) < 4.78 is 0. The number of hydrogen-bond donors (Lipinski definition) is 0. The summed E-state index contributed by atoms with van der Waals surface area (Å²) in [7, 11) is 0. The van der Waals surface area contributed by atoms with Crippen molar-refractivity contribution in [2.24, 2.45) is 0 Å².